The van der Waals surface area contributed by atoms with Gasteiger partial charge in [-0.2, -0.15) is 0 Å². The Kier molecular flexibility index (Phi) is 3.80. The summed E-state index contributed by atoms with van der Waals surface area (Å²) in [4.78, 5) is 13.3. The fourth-order valence-electron chi connectivity index (χ4n) is 2.65. The normalized spacial score (nSPS) is 17.1. The molecule has 4 nitrogen and oxygen atoms in total. The van der Waals surface area contributed by atoms with Gasteiger partial charge in [-0.1, -0.05) is 0 Å². The molecule has 1 fully saturated rings. The SMILES string of the molecule is Cc1cc(NCC2(N(C)C)CCC2)ccc1C(=O)O. The Bertz CT molecular complexity index is 479. The van der Waals surface area contributed by atoms with E-state index in [-0.39, 0.29) is 5.54 Å². The van der Waals surface area contributed by atoms with Crippen molar-refractivity contribution in [1.29, 1.82) is 0 Å². The van der Waals surface area contributed by atoms with E-state index in [0.29, 0.717) is 5.56 Å². The van der Waals surface area contributed by atoms with Gasteiger partial charge in [0.15, 0.2) is 0 Å². The first-order valence-corrected chi connectivity index (χ1v) is 6.70. The molecule has 0 amide bonds. The first-order valence-electron chi connectivity index (χ1n) is 6.70. The summed E-state index contributed by atoms with van der Waals surface area (Å²) in [5.74, 6) is -0.868. The number of likely N-dealkylation sites (N-methyl/N-ethyl adjacent to an activating group) is 1. The van der Waals surface area contributed by atoms with Gasteiger partial charge >= 0.3 is 5.97 Å². The minimum absolute atomic E-state index is 0.263. The number of carbonyl (C=O) groups is 1. The van der Waals surface area contributed by atoms with E-state index >= 15 is 0 Å². The van der Waals surface area contributed by atoms with Crippen molar-refractivity contribution in [1.82, 2.24) is 4.90 Å². The molecule has 0 saturated heterocycles. The van der Waals surface area contributed by atoms with Crippen LogP contribution in [0, 0.1) is 6.92 Å². The molecule has 4 heteroatoms. The average Bonchev–Trinajstić information content (AvgIpc) is 2.26. The summed E-state index contributed by atoms with van der Waals surface area (Å²) in [7, 11) is 4.25. The van der Waals surface area contributed by atoms with Gasteiger partial charge in [0.2, 0.25) is 0 Å². The third kappa shape index (κ3) is 2.73. The van der Waals surface area contributed by atoms with Crippen LogP contribution in [0.5, 0.6) is 0 Å². The molecule has 2 rings (SSSR count). The van der Waals surface area contributed by atoms with Crippen molar-refractivity contribution in [3.8, 4) is 0 Å². The highest BCUT2D eigenvalue weighted by Gasteiger charge is 2.38. The first kappa shape index (κ1) is 13.9. The predicted octanol–water partition coefficient (Wildman–Crippen LogP) is 2.59. The maximum atomic E-state index is 11.0. The van der Waals surface area contributed by atoms with Crippen LogP contribution in [0.4, 0.5) is 5.69 Å². The van der Waals surface area contributed by atoms with E-state index in [2.05, 4.69) is 24.3 Å². The Labute approximate surface area is 114 Å². The Morgan fingerprint density at radius 1 is 1.42 bits per heavy atom. The highest BCUT2D eigenvalue weighted by molar-refractivity contribution is 5.89. The van der Waals surface area contributed by atoms with Gasteiger partial charge in [0.05, 0.1) is 5.56 Å². The van der Waals surface area contributed by atoms with Crippen LogP contribution in [0.15, 0.2) is 18.2 Å². The van der Waals surface area contributed by atoms with Gasteiger partial charge < -0.3 is 15.3 Å². The zero-order chi connectivity index (χ0) is 14.0. The van der Waals surface area contributed by atoms with E-state index in [9.17, 15) is 4.79 Å². The topological polar surface area (TPSA) is 52.6 Å². The number of hydrogen-bond donors (Lipinski definition) is 2. The number of benzene rings is 1. The molecule has 0 aromatic heterocycles. The highest BCUT2D eigenvalue weighted by atomic mass is 16.4. The van der Waals surface area contributed by atoms with Crippen LogP contribution in [0.1, 0.15) is 35.2 Å². The number of hydrogen-bond acceptors (Lipinski definition) is 3. The Morgan fingerprint density at radius 2 is 2.11 bits per heavy atom. The van der Waals surface area contributed by atoms with E-state index in [1.165, 1.54) is 19.3 Å². The second kappa shape index (κ2) is 5.21. The molecule has 1 aromatic rings. The maximum absolute atomic E-state index is 11.0. The van der Waals surface area contributed by atoms with E-state index in [1.807, 2.05) is 19.1 Å². The lowest BCUT2D eigenvalue weighted by atomic mass is 9.75. The molecule has 19 heavy (non-hydrogen) atoms. The molecule has 1 aliphatic rings. The molecule has 1 aliphatic carbocycles. The fraction of sp³-hybridized carbons (Fsp3) is 0.533. The van der Waals surface area contributed by atoms with Crippen LogP contribution in [-0.2, 0) is 0 Å². The summed E-state index contributed by atoms with van der Waals surface area (Å²) in [5.41, 5.74) is 2.43. The first-order chi connectivity index (χ1) is 8.94. The van der Waals surface area contributed by atoms with Crippen LogP contribution >= 0.6 is 0 Å². The predicted molar refractivity (Wildman–Crippen MR) is 76.9 cm³/mol. The number of carboxylic acid groups (broad SMARTS) is 1. The monoisotopic (exact) mass is 262 g/mol. The molecular formula is C15H22N2O2. The molecule has 1 aromatic carbocycles. The van der Waals surface area contributed by atoms with Gasteiger partial charge in [0.1, 0.15) is 0 Å². The second-order valence-electron chi connectivity index (χ2n) is 5.66. The van der Waals surface area contributed by atoms with Gasteiger partial charge in [0.25, 0.3) is 0 Å². The number of aryl methyl sites for hydroxylation is 1. The fourth-order valence-corrected chi connectivity index (χ4v) is 2.65. The minimum Gasteiger partial charge on any atom is -0.478 e. The highest BCUT2D eigenvalue weighted by Crippen LogP contribution is 2.36. The molecule has 0 heterocycles. The summed E-state index contributed by atoms with van der Waals surface area (Å²) in [6.07, 6.45) is 3.73. The van der Waals surface area contributed by atoms with Crippen molar-refractivity contribution < 1.29 is 9.90 Å². The van der Waals surface area contributed by atoms with E-state index in [0.717, 1.165) is 17.8 Å². The molecule has 1 saturated carbocycles. The van der Waals surface area contributed by atoms with Crippen molar-refractivity contribution in [3.05, 3.63) is 29.3 Å². The van der Waals surface area contributed by atoms with Crippen molar-refractivity contribution in [2.75, 3.05) is 26.0 Å². The summed E-state index contributed by atoms with van der Waals surface area (Å²) in [6.45, 7) is 2.74. The summed E-state index contributed by atoms with van der Waals surface area (Å²) in [6, 6.07) is 5.42. The van der Waals surface area contributed by atoms with Crippen LogP contribution in [0.25, 0.3) is 0 Å². The standard InChI is InChI=1S/C15H22N2O2/c1-11-9-12(5-6-13(11)14(18)19)16-10-15(17(2)3)7-4-8-15/h5-6,9,16H,4,7-8,10H2,1-3H3,(H,18,19). The van der Waals surface area contributed by atoms with E-state index in [1.54, 1.807) is 6.07 Å². The van der Waals surface area contributed by atoms with Gasteiger partial charge in [-0.25, -0.2) is 4.79 Å². The smallest absolute Gasteiger partial charge is 0.335 e. The lowest BCUT2D eigenvalue weighted by molar-refractivity contribution is 0.0696. The van der Waals surface area contributed by atoms with Crippen molar-refractivity contribution >= 4 is 11.7 Å². The molecular weight excluding hydrogens is 240 g/mol. The summed E-state index contributed by atoms with van der Waals surface area (Å²) in [5, 5.41) is 12.4. The van der Waals surface area contributed by atoms with E-state index in [4.69, 9.17) is 5.11 Å². The lowest BCUT2D eigenvalue weighted by Gasteiger charge is -2.47. The molecule has 0 spiro atoms. The van der Waals surface area contributed by atoms with Gasteiger partial charge in [-0.05, 0) is 64.0 Å². The third-order valence-electron chi connectivity index (χ3n) is 4.31. The lowest BCUT2D eigenvalue weighted by Crippen LogP contribution is -2.54. The Balaban J connectivity index is 2.04. The summed E-state index contributed by atoms with van der Waals surface area (Å²) >= 11 is 0. The largest absolute Gasteiger partial charge is 0.478 e. The van der Waals surface area contributed by atoms with Crippen LogP contribution in [0.2, 0.25) is 0 Å². The number of nitrogens with zero attached hydrogens (tertiary/aromatic N) is 1. The average molecular weight is 262 g/mol. The van der Waals surface area contributed by atoms with E-state index < -0.39 is 5.97 Å². The number of aromatic carboxylic acids is 1. The zero-order valence-electron chi connectivity index (χ0n) is 11.9. The number of nitrogens with one attached hydrogen (secondary N) is 1. The van der Waals surface area contributed by atoms with Gasteiger partial charge in [-0.15, -0.1) is 0 Å². The molecule has 104 valence electrons. The number of carboxylic acids is 1. The molecule has 2 N–H and O–H groups in total. The Hall–Kier alpha value is -1.55. The molecule has 0 atom stereocenters. The zero-order valence-corrected chi connectivity index (χ0v) is 11.9. The molecule has 0 aliphatic heterocycles. The quantitative estimate of drug-likeness (QED) is 0.856. The van der Waals surface area contributed by atoms with Gasteiger partial charge in [-0.3, -0.25) is 0 Å². The van der Waals surface area contributed by atoms with Gasteiger partial charge in [0, 0.05) is 17.8 Å². The summed E-state index contributed by atoms with van der Waals surface area (Å²) < 4.78 is 0. The van der Waals surface area contributed by atoms with Crippen molar-refractivity contribution in [2.24, 2.45) is 0 Å². The number of anilines is 1. The van der Waals surface area contributed by atoms with Crippen LogP contribution in [0.3, 0.4) is 0 Å². The van der Waals surface area contributed by atoms with Crippen molar-refractivity contribution in [2.45, 2.75) is 31.7 Å². The Morgan fingerprint density at radius 3 is 2.53 bits per heavy atom. The van der Waals surface area contributed by atoms with Crippen molar-refractivity contribution in [3.63, 3.8) is 0 Å². The molecule has 0 bridgehead atoms. The van der Waals surface area contributed by atoms with Crippen LogP contribution < -0.4 is 5.32 Å². The minimum atomic E-state index is -0.868. The molecule has 0 radical (unpaired) electrons. The molecule has 0 unspecified atom stereocenters. The van der Waals surface area contributed by atoms with Crippen LogP contribution in [-0.4, -0.2) is 42.2 Å². The second-order valence-corrected chi connectivity index (χ2v) is 5.66. The number of rotatable bonds is 5. The third-order valence-corrected chi connectivity index (χ3v) is 4.31. The maximum Gasteiger partial charge on any atom is 0.335 e.